The molecule has 0 radical (unpaired) electrons. The first-order valence-electron chi connectivity index (χ1n) is 8.54. The summed E-state index contributed by atoms with van der Waals surface area (Å²) in [7, 11) is -3.66. The van der Waals surface area contributed by atoms with Crippen molar-refractivity contribution in [2.24, 2.45) is 0 Å². The Morgan fingerprint density at radius 2 is 1.92 bits per heavy atom. The van der Waals surface area contributed by atoms with Gasteiger partial charge in [-0.25, -0.2) is 8.42 Å². The molecule has 24 heavy (non-hydrogen) atoms. The monoisotopic (exact) mass is 372 g/mol. The lowest BCUT2D eigenvalue weighted by Crippen LogP contribution is -2.36. The summed E-state index contributed by atoms with van der Waals surface area (Å²) < 4.78 is 27.0. The van der Waals surface area contributed by atoms with Gasteiger partial charge in [-0.1, -0.05) is 37.8 Å². The average Bonchev–Trinajstić information content (AvgIpc) is 2.59. The second kappa shape index (κ2) is 8.83. The van der Waals surface area contributed by atoms with Crippen molar-refractivity contribution in [1.82, 2.24) is 9.62 Å². The maximum absolute atomic E-state index is 12.8. The van der Waals surface area contributed by atoms with Crippen LogP contribution in [0.5, 0.6) is 0 Å². The predicted octanol–water partition coefficient (Wildman–Crippen LogP) is 3.43. The molecule has 1 heterocycles. The number of nitrogens with one attached hydrogen (secondary N) is 1. The Balaban J connectivity index is 2.17. The second-order valence-electron chi connectivity index (χ2n) is 6.07. The van der Waals surface area contributed by atoms with Crippen LogP contribution in [0.25, 0.3) is 0 Å². The van der Waals surface area contributed by atoms with Gasteiger partial charge in [-0.2, -0.15) is 4.31 Å². The Morgan fingerprint density at radius 3 is 2.58 bits per heavy atom. The number of benzene rings is 1. The summed E-state index contributed by atoms with van der Waals surface area (Å²) in [5.74, 6) is -0.266. The minimum Gasteiger partial charge on any atom is -0.352 e. The molecular weight excluding hydrogens is 348 g/mol. The summed E-state index contributed by atoms with van der Waals surface area (Å²) in [4.78, 5) is 12.2. The third kappa shape index (κ3) is 4.71. The predicted molar refractivity (Wildman–Crippen MR) is 95.9 cm³/mol. The molecule has 0 unspecified atom stereocenters. The quantitative estimate of drug-likeness (QED) is 0.745. The summed E-state index contributed by atoms with van der Waals surface area (Å²) >= 11 is 6.11. The number of rotatable bonds is 7. The van der Waals surface area contributed by atoms with Gasteiger partial charge < -0.3 is 5.32 Å². The molecule has 0 spiro atoms. The van der Waals surface area contributed by atoms with Crippen LogP contribution in [-0.4, -0.2) is 38.3 Å². The molecule has 1 aromatic carbocycles. The largest absolute Gasteiger partial charge is 0.352 e. The highest BCUT2D eigenvalue weighted by Crippen LogP contribution is 2.27. The zero-order valence-corrected chi connectivity index (χ0v) is 15.6. The third-order valence-corrected chi connectivity index (χ3v) is 6.57. The minimum absolute atomic E-state index is 0.0206. The fraction of sp³-hybridized carbons (Fsp3) is 0.588. The van der Waals surface area contributed by atoms with Crippen molar-refractivity contribution in [2.75, 3.05) is 19.6 Å². The molecule has 0 aliphatic carbocycles. The SMILES string of the molecule is CCCCCNC(=O)c1ccc(Cl)c(S(=O)(=O)N2CCCCC2)c1. The number of carbonyl (C=O) groups is 1. The van der Waals surface area contributed by atoms with Gasteiger partial charge in [-0.05, 0) is 37.5 Å². The highest BCUT2D eigenvalue weighted by molar-refractivity contribution is 7.89. The van der Waals surface area contributed by atoms with Crippen LogP contribution in [0.2, 0.25) is 5.02 Å². The summed E-state index contributed by atoms with van der Waals surface area (Å²) in [6.07, 6.45) is 5.79. The van der Waals surface area contributed by atoms with E-state index in [2.05, 4.69) is 12.2 Å². The van der Waals surface area contributed by atoms with Gasteiger partial charge in [0.05, 0.1) is 5.02 Å². The minimum atomic E-state index is -3.66. The van der Waals surface area contributed by atoms with Gasteiger partial charge >= 0.3 is 0 Å². The lowest BCUT2D eigenvalue weighted by molar-refractivity contribution is 0.0952. The lowest BCUT2D eigenvalue weighted by Gasteiger charge is -2.26. The molecule has 1 fully saturated rings. The molecule has 0 aromatic heterocycles. The molecule has 134 valence electrons. The smallest absolute Gasteiger partial charge is 0.251 e. The molecular formula is C17H25ClN2O3S. The molecule has 1 aliphatic rings. The van der Waals surface area contributed by atoms with E-state index < -0.39 is 10.0 Å². The zero-order chi connectivity index (χ0) is 17.6. The Labute approximate surface area is 149 Å². The van der Waals surface area contributed by atoms with Crippen LogP contribution in [-0.2, 0) is 10.0 Å². The molecule has 1 aliphatic heterocycles. The van der Waals surface area contributed by atoms with E-state index in [-0.39, 0.29) is 15.8 Å². The number of piperidine rings is 1. The average molecular weight is 373 g/mol. The first kappa shape index (κ1) is 19.2. The summed E-state index contributed by atoms with van der Waals surface area (Å²) in [5, 5.41) is 2.98. The topological polar surface area (TPSA) is 66.5 Å². The van der Waals surface area contributed by atoms with Crippen molar-refractivity contribution in [3.63, 3.8) is 0 Å². The number of sulfonamides is 1. The molecule has 2 rings (SSSR count). The van der Waals surface area contributed by atoms with Crippen LogP contribution < -0.4 is 5.32 Å². The van der Waals surface area contributed by atoms with Crippen molar-refractivity contribution in [3.05, 3.63) is 28.8 Å². The molecule has 1 N–H and O–H groups in total. The second-order valence-corrected chi connectivity index (χ2v) is 8.39. The van der Waals surface area contributed by atoms with Crippen molar-refractivity contribution >= 4 is 27.5 Å². The van der Waals surface area contributed by atoms with E-state index in [1.165, 1.54) is 16.4 Å². The van der Waals surface area contributed by atoms with E-state index in [0.29, 0.717) is 25.2 Å². The fourth-order valence-corrected chi connectivity index (χ4v) is 4.78. The number of halogens is 1. The van der Waals surface area contributed by atoms with Gasteiger partial charge in [-0.3, -0.25) is 4.79 Å². The van der Waals surface area contributed by atoms with Crippen LogP contribution in [0, 0.1) is 0 Å². The summed E-state index contributed by atoms with van der Waals surface area (Å²) in [5.41, 5.74) is 0.325. The standard InChI is InChI=1S/C17H25ClN2O3S/c1-2-3-5-10-19-17(21)14-8-9-15(18)16(13-14)24(22,23)20-11-6-4-7-12-20/h8-9,13H,2-7,10-12H2,1H3,(H,19,21). The van der Waals surface area contributed by atoms with Crippen molar-refractivity contribution in [1.29, 1.82) is 0 Å². The fourth-order valence-electron chi connectivity index (χ4n) is 2.77. The third-order valence-electron chi connectivity index (χ3n) is 4.19. The molecule has 1 aromatic rings. The highest BCUT2D eigenvalue weighted by Gasteiger charge is 2.28. The maximum Gasteiger partial charge on any atom is 0.251 e. The molecule has 1 amide bonds. The van der Waals surface area contributed by atoms with Gasteiger partial charge in [0.2, 0.25) is 10.0 Å². The van der Waals surface area contributed by atoms with Crippen molar-refractivity contribution in [2.45, 2.75) is 50.3 Å². The number of nitrogens with zero attached hydrogens (tertiary/aromatic N) is 1. The van der Waals surface area contributed by atoms with E-state index in [0.717, 1.165) is 38.5 Å². The van der Waals surface area contributed by atoms with Gasteiger partial charge in [0.25, 0.3) is 5.91 Å². The van der Waals surface area contributed by atoms with E-state index in [4.69, 9.17) is 11.6 Å². The first-order chi connectivity index (χ1) is 11.5. The maximum atomic E-state index is 12.8. The van der Waals surface area contributed by atoms with Gasteiger partial charge in [0.1, 0.15) is 4.90 Å². The molecule has 7 heteroatoms. The van der Waals surface area contributed by atoms with E-state index >= 15 is 0 Å². The molecule has 5 nitrogen and oxygen atoms in total. The Bertz CT molecular complexity index is 670. The van der Waals surface area contributed by atoms with E-state index in [1.807, 2.05) is 0 Å². The first-order valence-corrected chi connectivity index (χ1v) is 10.4. The summed E-state index contributed by atoms with van der Waals surface area (Å²) in [6.45, 7) is 3.69. The van der Waals surface area contributed by atoms with Crippen LogP contribution in [0.3, 0.4) is 0 Å². The molecule has 0 saturated carbocycles. The highest BCUT2D eigenvalue weighted by atomic mass is 35.5. The van der Waals surface area contributed by atoms with Crippen LogP contribution in [0.1, 0.15) is 55.8 Å². The summed E-state index contributed by atoms with van der Waals surface area (Å²) in [6, 6.07) is 4.44. The molecule has 1 saturated heterocycles. The van der Waals surface area contributed by atoms with Gasteiger partial charge in [-0.15, -0.1) is 0 Å². The van der Waals surface area contributed by atoms with E-state index in [1.54, 1.807) is 6.07 Å². The number of hydrogen-bond donors (Lipinski definition) is 1. The van der Waals surface area contributed by atoms with Crippen molar-refractivity contribution < 1.29 is 13.2 Å². The zero-order valence-electron chi connectivity index (χ0n) is 14.1. The normalized spacial score (nSPS) is 16.1. The van der Waals surface area contributed by atoms with Gasteiger partial charge in [0.15, 0.2) is 0 Å². The Kier molecular flexibility index (Phi) is 7.07. The number of carbonyl (C=O) groups excluding carboxylic acids is 1. The molecule has 0 atom stereocenters. The van der Waals surface area contributed by atoms with Crippen LogP contribution in [0.4, 0.5) is 0 Å². The van der Waals surface area contributed by atoms with Crippen LogP contribution >= 0.6 is 11.6 Å². The number of unbranched alkanes of at least 4 members (excludes halogenated alkanes) is 2. The Hall–Kier alpha value is -1.11. The molecule has 0 bridgehead atoms. The Morgan fingerprint density at radius 1 is 1.21 bits per heavy atom. The van der Waals surface area contributed by atoms with Gasteiger partial charge in [0, 0.05) is 25.2 Å². The lowest BCUT2D eigenvalue weighted by atomic mass is 10.2. The number of hydrogen-bond acceptors (Lipinski definition) is 3. The van der Waals surface area contributed by atoms with Crippen molar-refractivity contribution in [3.8, 4) is 0 Å². The van der Waals surface area contributed by atoms with Crippen LogP contribution in [0.15, 0.2) is 23.1 Å². The number of amides is 1. The van der Waals surface area contributed by atoms with E-state index in [9.17, 15) is 13.2 Å².